The van der Waals surface area contributed by atoms with Gasteiger partial charge in [0.1, 0.15) is 11.5 Å². The number of benzene rings is 1. The van der Waals surface area contributed by atoms with Gasteiger partial charge in [-0.25, -0.2) is 0 Å². The summed E-state index contributed by atoms with van der Waals surface area (Å²) in [5.41, 5.74) is 0.697. The zero-order valence-corrected chi connectivity index (χ0v) is 7.64. The Balaban J connectivity index is 2.89. The Morgan fingerprint density at radius 1 is 1.50 bits per heavy atom. The largest absolute Gasteiger partial charge is 0.508 e. The molecule has 1 rings (SSSR count). The number of aromatic hydroxyl groups is 1. The second kappa shape index (κ2) is 4.21. The van der Waals surface area contributed by atoms with E-state index in [1.807, 2.05) is 6.92 Å². The lowest BCUT2D eigenvalue weighted by molar-refractivity contribution is 0.339. The zero-order chi connectivity index (χ0) is 8.97. The first kappa shape index (κ1) is 9.20. The van der Waals surface area contributed by atoms with Gasteiger partial charge in [0.15, 0.2) is 0 Å². The van der Waals surface area contributed by atoms with Crippen molar-refractivity contribution in [1.82, 2.24) is 0 Å². The Morgan fingerprint density at radius 2 is 2.25 bits per heavy atom. The third-order valence-corrected chi connectivity index (χ3v) is 1.79. The molecule has 1 aromatic rings. The number of halogens is 1. The minimum Gasteiger partial charge on any atom is -0.508 e. The van der Waals surface area contributed by atoms with Crippen LogP contribution in [0.15, 0.2) is 18.2 Å². The maximum absolute atomic E-state index is 9.26. The summed E-state index contributed by atoms with van der Waals surface area (Å²) in [6, 6.07) is 5.05. The highest BCUT2D eigenvalue weighted by molar-refractivity contribution is 6.17. The molecule has 0 aromatic heterocycles. The molecule has 12 heavy (non-hydrogen) atoms. The van der Waals surface area contributed by atoms with Gasteiger partial charge in [-0.1, -0.05) is 0 Å². The summed E-state index contributed by atoms with van der Waals surface area (Å²) in [7, 11) is 0. The molecule has 0 aliphatic heterocycles. The number of rotatable bonds is 3. The SMILES string of the molecule is CCOc1ccc(O)c(CCl)c1. The van der Waals surface area contributed by atoms with Crippen molar-refractivity contribution in [3.8, 4) is 11.5 Å². The molecule has 0 aliphatic rings. The monoisotopic (exact) mass is 186 g/mol. The predicted molar refractivity (Wildman–Crippen MR) is 48.8 cm³/mol. The highest BCUT2D eigenvalue weighted by Crippen LogP contribution is 2.24. The van der Waals surface area contributed by atoms with Crippen molar-refractivity contribution in [2.45, 2.75) is 12.8 Å². The highest BCUT2D eigenvalue weighted by Gasteiger charge is 2.00. The van der Waals surface area contributed by atoms with E-state index in [2.05, 4.69) is 0 Å². The molecule has 0 aliphatic carbocycles. The van der Waals surface area contributed by atoms with Crippen LogP contribution in [0.4, 0.5) is 0 Å². The van der Waals surface area contributed by atoms with Gasteiger partial charge in [0.05, 0.1) is 12.5 Å². The average molecular weight is 187 g/mol. The lowest BCUT2D eigenvalue weighted by Gasteiger charge is -2.05. The van der Waals surface area contributed by atoms with E-state index >= 15 is 0 Å². The maximum Gasteiger partial charge on any atom is 0.120 e. The molecule has 0 unspecified atom stereocenters. The topological polar surface area (TPSA) is 29.5 Å². The molecule has 0 bridgehead atoms. The second-order valence-corrected chi connectivity index (χ2v) is 2.62. The Labute approximate surface area is 76.7 Å². The summed E-state index contributed by atoms with van der Waals surface area (Å²) in [5.74, 6) is 1.26. The van der Waals surface area contributed by atoms with Gasteiger partial charge in [0.2, 0.25) is 0 Å². The third kappa shape index (κ3) is 2.05. The fraction of sp³-hybridized carbons (Fsp3) is 0.333. The molecule has 0 radical (unpaired) electrons. The first-order chi connectivity index (χ1) is 5.77. The Bertz CT molecular complexity index is 261. The fourth-order valence-electron chi connectivity index (χ4n) is 0.925. The minimum absolute atomic E-state index is 0.216. The fourth-order valence-corrected chi connectivity index (χ4v) is 1.14. The van der Waals surface area contributed by atoms with Crippen LogP contribution in [0.2, 0.25) is 0 Å². The average Bonchev–Trinajstić information content (AvgIpc) is 2.09. The van der Waals surface area contributed by atoms with Gasteiger partial charge < -0.3 is 9.84 Å². The van der Waals surface area contributed by atoms with Crippen LogP contribution in [0.3, 0.4) is 0 Å². The van der Waals surface area contributed by atoms with Gasteiger partial charge in [0.25, 0.3) is 0 Å². The van der Waals surface area contributed by atoms with Gasteiger partial charge in [-0.3, -0.25) is 0 Å². The van der Waals surface area contributed by atoms with Gasteiger partial charge in [-0.15, -0.1) is 11.6 Å². The quantitative estimate of drug-likeness (QED) is 0.736. The number of alkyl halides is 1. The molecule has 0 heterocycles. The molecule has 1 aromatic carbocycles. The highest BCUT2D eigenvalue weighted by atomic mass is 35.5. The van der Waals surface area contributed by atoms with Crippen molar-refractivity contribution in [3.63, 3.8) is 0 Å². The molecular formula is C9H11ClO2. The summed E-state index contributed by atoms with van der Waals surface area (Å²) in [6.45, 7) is 2.53. The van der Waals surface area contributed by atoms with Crippen LogP contribution in [-0.2, 0) is 5.88 Å². The smallest absolute Gasteiger partial charge is 0.120 e. The second-order valence-electron chi connectivity index (χ2n) is 2.36. The van der Waals surface area contributed by atoms with Crippen molar-refractivity contribution in [2.75, 3.05) is 6.61 Å². The lowest BCUT2D eigenvalue weighted by atomic mass is 10.2. The van der Waals surface area contributed by atoms with Crippen LogP contribution in [0, 0.1) is 0 Å². The molecule has 66 valence electrons. The van der Waals surface area contributed by atoms with Crippen molar-refractivity contribution < 1.29 is 9.84 Å². The Morgan fingerprint density at radius 3 is 2.83 bits per heavy atom. The van der Waals surface area contributed by atoms with Crippen molar-refractivity contribution >= 4 is 11.6 Å². The standard InChI is InChI=1S/C9H11ClO2/c1-2-12-8-3-4-9(11)7(5-8)6-10/h3-5,11H,2,6H2,1H3. The van der Waals surface area contributed by atoms with Crippen LogP contribution >= 0.6 is 11.6 Å². The van der Waals surface area contributed by atoms with Gasteiger partial charge in [0, 0.05) is 5.56 Å². The van der Waals surface area contributed by atoms with Crippen LogP contribution in [-0.4, -0.2) is 11.7 Å². The summed E-state index contributed by atoms with van der Waals surface area (Å²) in [4.78, 5) is 0. The van der Waals surface area contributed by atoms with Gasteiger partial charge in [-0.2, -0.15) is 0 Å². The van der Waals surface area contributed by atoms with Gasteiger partial charge in [-0.05, 0) is 25.1 Å². The molecule has 0 saturated heterocycles. The first-order valence-corrected chi connectivity index (χ1v) is 4.32. The molecule has 0 fully saturated rings. The number of ether oxygens (including phenoxy) is 1. The molecule has 0 saturated carbocycles. The molecule has 1 N–H and O–H groups in total. The summed E-state index contributed by atoms with van der Waals surface area (Å²) in [6.07, 6.45) is 0. The molecular weight excluding hydrogens is 176 g/mol. The molecule has 3 heteroatoms. The van der Waals surface area contributed by atoms with E-state index in [-0.39, 0.29) is 5.75 Å². The molecule has 0 amide bonds. The number of phenols is 1. The first-order valence-electron chi connectivity index (χ1n) is 3.78. The normalized spacial score (nSPS) is 9.83. The molecule has 2 nitrogen and oxygen atoms in total. The van der Waals surface area contributed by atoms with Crippen LogP contribution in [0.25, 0.3) is 0 Å². The third-order valence-electron chi connectivity index (χ3n) is 1.51. The minimum atomic E-state index is 0.216. The summed E-state index contributed by atoms with van der Waals surface area (Å²) >= 11 is 5.59. The predicted octanol–water partition coefficient (Wildman–Crippen LogP) is 2.53. The van der Waals surface area contributed by atoms with Crippen LogP contribution < -0.4 is 4.74 Å². The van der Waals surface area contributed by atoms with Crippen molar-refractivity contribution in [1.29, 1.82) is 0 Å². The maximum atomic E-state index is 9.26. The van der Waals surface area contributed by atoms with E-state index in [1.54, 1.807) is 18.2 Å². The molecule has 0 spiro atoms. The number of hydrogen-bond acceptors (Lipinski definition) is 2. The van der Waals surface area contributed by atoms with E-state index in [9.17, 15) is 5.11 Å². The van der Waals surface area contributed by atoms with E-state index in [0.29, 0.717) is 18.1 Å². The van der Waals surface area contributed by atoms with Crippen molar-refractivity contribution in [2.24, 2.45) is 0 Å². The Kier molecular flexibility index (Phi) is 3.23. The number of hydrogen-bond donors (Lipinski definition) is 1. The summed E-state index contributed by atoms with van der Waals surface area (Å²) in [5, 5.41) is 9.26. The van der Waals surface area contributed by atoms with Crippen molar-refractivity contribution in [3.05, 3.63) is 23.8 Å². The zero-order valence-electron chi connectivity index (χ0n) is 6.88. The number of phenolic OH excluding ortho intramolecular Hbond substituents is 1. The van der Waals surface area contributed by atoms with E-state index in [1.165, 1.54) is 0 Å². The van der Waals surface area contributed by atoms with Gasteiger partial charge >= 0.3 is 0 Å². The summed E-state index contributed by atoms with van der Waals surface area (Å²) < 4.78 is 5.23. The van der Waals surface area contributed by atoms with E-state index in [4.69, 9.17) is 16.3 Å². The molecule has 0 atom stereocenters. The Hall–Kier alpha value is -0.890. The van der Waals surface area contributed by atoms with Crippen LogP contribution in [0.5, 0.6) is 11.5 Å². The van der Waals surface area contributed by atoms with Crippen LogP contribution in [0.1, 0.15) is 12.5 Å². The van der Waals surface area contributed by atoms with E-state index < -0.39 is 0 Å². The van der Waals surface area contributed by atoms with E-state index in [0.717, 1.165) is 5.75 Å². The lowest BCUT2D eigenvalue weighted by Crippen LogP contribution is -1.91.